The first-order valence-corrected chi connectivity index (χ1v) is 14.0. The molecular formula is C36H49O3+. The number of rotatable bonds is 4. The van der Waals surface area contributed by atoms with Gasteiger partial charge in [-0.15, -0.1) is 0 Å². The number of hydrogen-bond donors (Lipinski definition) is 0. The summed E-state index contributed by atoms with van der Waals surface area (Å²) in [5.74, 6) is 4.72. The van der Waals surface area contributed by atoms with Crippen LogP contribution in [0, 0.1) is 10.8 Å². The van der Waals surface area contributed by atoms with Gasteiger partial charge in [-0.2, -0.15) is 0 Å². The molecule has 0 spiro atoms. The van der Waals surface area contributed by atoms with E-state index in [2.05, 4.69) is 132 Å². The average molecular weight is 530 g/mol. The molecule has 0 bridgehead atoms. The van der Waals surface area contributed by atoms with Gasteiger partial charge in [0, 0.05) is 23.0 Å². The molecule has 2 aromatic rings. The molecule has 3 nitrogen and oxygen atoms in total. The zero-order valence-corrected chi connectivity index (χ0v) is 26.5. The maximum absolute atomic E-state index is 6.42. The number of hydrogen-bond acceptors (Lipinski definition) is 2. The first kappa shape index (κ1) is 30.5. The lowest BCUT2D eigenvalue weighted by Crippen LogP contribution is -2.21. The van der Waals surface area contributed by atoms with Gasteiger partial charge in [0.25, 0.3) is 0 Å². The van der Waals surface area contributed by atoms with Gasteiger partial charge in [-0.1, -0.05) is 53.7 Å². The van der Waals surface area contributed by atoms with Crippen LogP contribution >= 0.6 is 0 Å². The minimum atomic E-state index is -0.113. The molecule has 3 heteroatoms. The zero-order chi connectivity index (χ0) is 29.4. The lowest BCUT2D eigenvalue weighted by Gasteiger charge is -2.32. The number of methoxy groups -OCH3 is 1. The molecule has 0 saturated heterocycles. The van der Waals surface area contributed by atoms with Crippen molar-refractivity contribution in [2.24, 2.45) is 10.8 Å². The van der Waals surface area contributed by atoms with Crippen LogP contribution in [0.3, 0.4) is 0 Å². The molecule has 1 aliphatic rings. The van der Waals surface area contributed by atoms with Gasteiger partial charge < -0.3 is 9.47 Å². The van der Waals surface area contributed by atoms with E-state index >= 15 is 0 Å². The highest BCUT2D eigenvalue weighted by Gasteiger charge is 2.34. The van der Waals surface area contributed by atoms with E-state index in [-0.39, 0.29) is 21.7 Å². The summed E-state index contributed by atoms with van der Waals surface area (Å²) in [7, 11) is 1.70. The topological polar surface area (TPSA) is 29.8 Å². The van der Waals surface area contributed by atoms with Crippen molar-refractivity contribution in [3.8, 4) is 5.75 Å². The van der Waals surface area contributed by atoms with E-state index in [1.165, 1.54) is 0 Å². The molecule has 39 heavy (non-hydrogen) atoms. The fourth-order valence-electron chi connectivity index (χ4n) is 4.04. The van der Waals surface area contributed by atoms with Gasteiger partial charge in [-0.25, -0.2) is 4.42 Å². The van der Waals surface area contributed by atoms with E-state index in [1.54, 1.807) is 7.11 Å². The maximum Gasteiger partial charge on any atom is 0.335 e. The van der Waals surface area contributed by atoms with E-state index < -0.39 is 0 Å². The second-order valence-corrected chi connectivity index (χ2v) is 14.7. The Balaban J connectivity index is 2.30. The van der Waals surface area contributed by atoms with E-state index in [0.29, 0.717) is 0 Å². The number of ether oxygens (including phenoxy) is 2. The van der Waals surface area contributed by atoms with Crippen molar-refractivity contribution in [2.75, 3.05) is 7.11 Å². The molecule has 3 rings (SSSR count). The van der Waals surface area contributed by atoms with Crippen LogP contribution in [0.25, 0.3) is 11.6 Å². The van der Waals surface area contributed by atoms with Crippen LogP contribution < -0.4 is 4.74 Å². The summed E-state index contributed by atoms with van der Waals surface area (Å²) in [5, 5.41) is 0. The van der Waals surface area contributed by atoms with Crippen LogP contribution in [0.1, 0.15) is 106 Å². The van der Waals surface area contributed by atoms with Crippen LogP contribution in [0.2, 0.25) is 0 Å². The Morgan fingerprint density at radius 3 is 1.54 bits per heavy atom. The zero-order valence-electron chi connectivity index (χ0n) is 26.5. The molecule has 2 heterocycles. The second-order valence-electron chi connectivity index (χ2n) is 14.7. The highest BCUT2D eigenvalue weighted by molar-refractivity contribution is 5.89. The Kier molecular flexibility index (Phi) is 8.46. The van der Waals surface area contributed by atoms with Gasteiger partial charge in [0.2, 0.25) is 0 Å². The average Bonchev–Trinajstić information content (AvgIpc) is 2.81. The lowest BCUT2D eigenvalue weighted by molar-refractivity contribution is 0.161. The smallest absolute Gasteiger partial charge is 0.335 e. The van der Waals surface area contributed by atoms with Crippen LogP contribution in [0.5, 0.6) is 5.75 Å². The van der Waals surface area contributed by atoms with Crippen molar-refractivity contribution in [2.45, 2.75) is 93.9 Å². The van der Waals surface area contributed by atoms with Crippen LogP contribution in [-0.2, 0) is 15.6 Å². The van der Waals surface area contributed by atoms with Gasteiger partial charge in [-0.05, 0) is 100 Å². The third kappa shape index (κ3) is 7.97. The summed E-state index contributed by atoms with van der Waals surface area (Å²) in [4.78, 5) is 0. The Labute approximate surface area is 237 Å². The van der Waals surface area contributed by atoms with E-state index in [9.17, 15) is 0 Å². The molecule has 0 aliphatic carbocycles. The molecule has 0 radical (unpaired) electrons. The normalized spacial score (nSPS) is 15.4. The Morgan fingerprint density at radius 2 is 1.15 bits per heavy atom. The molecule has 0 amide bonds. The highest BCUT2D eigenvalue weighted by atomic mass is 16.5. The third-order valence-electron chi connectivity index (χ3n) is 6.66. The monoisotopic (exact) mass is 529 g/mol. The van der Waals surface area contributed by atoms with E-state index in [1.807, 2.05) is 12.1 Å². The molecule has 1 aliphatic heterocycles. The fourth-order valence-corrected chi connectivity index (χ4v) is 4.04. The quantitative estimate of drug-likeness (QED) is 0.369. The maximum atomic E-state index is 6.42. The molecule has 1 aromatic heterocycles. The van der Waals surface area contributed by atoms with Gasteiger partial charge in [0.15, 0.2) is 0 Å². The minimum absolute atomic E-state index is 0.113. The molecular weight excluding hydrogens is 480 g/mol. The molecule has 0 saturated carbocycles. The molecule has 0 atom stereocenters. The summed E-state index contributed by atoms with van der Waals surface area (Å²) in [5.41, 5.74) is 4.00. The van der Waals surface area contributed by atoms with Gasteiger partial charge in [0.1, 0.15) is 17.3 Å². The Morgan fingerprint density at radius 1 is 0.692 bits per heavy atom. The van der Waals surface area contributed by atoms with Crippen molar-refractivity contribution in [1.29, 1.82) is 0 Å². The van der Waals surface area contributed by atoms with Crippen LogP contribution in [0.15, 0.2) is 76.1 Å². The van der Waals surface area contributed by atoms with Gasteiger partial charge in [-0.3, -0.25) is 0 Å². The van der Waals surface area contributed by atoms with Crippen molar-refractivity contribution >= 4 is 11.6 Å². The van der Waals surface area contributed by atoms with Crippen LogP contribution in [0.4, 0.5) is 0 Å². The summed E-state index contributed by atoms with van der Waals surface area (Å²) in [6, 6.07) is 12.6. The molecule has 1 aromatic carbocycles. The fraction of sp³-hybridized carbons (Fsp3) is 0.472. The van der Waals surface area contributed by atoms with Gasteiger partial charge in [0.05, 0.1) is 17.9 Å². The second kappa shape index (κ2) is 10.8. The minimum Gasteiger partial charge on any atom is -0.497 e. The van der Waals surface area contributed by atoms with Crippen molar-refractivity contribution in [3.05, 3.63) is 94.4 Å². The first-order valence-electron chi connectivity index (χ1n) is 14.0. The Bertz CT molecular complexity index is 1240. The van der Waals surface area contributed by atoms with Crippen LogP contribution in [-0.4, -0.2) is 7.11 Å². The lowest BCUT2D eigenvalue weighted by atomic mass is 9.86. The largest absolute Gasteiger partial charge is 0.497 e. The summed E-state index contributed by atoms with van der Waals surface area (Å²) < 4.78 is 18.3. The van der Waals surface area contributed by atoms with Crippen molar-refractivity contribution < 1.29 is 13.9 Å². The summed E-state index contributed by atoms with van der Waals surface area (Å²) in [6.07, 6.45) is 8.88. The third-order valence-corrected chi connectivity index (χ3v) is 6.66. The number of benzene rings is 1. The molecule has 0 N–H and O–H groups in total. The first-order chi connectivity index (χ1) is 17.8. The molecule has 0 fully saturated rings. The molecule has 0 unspecified atom stereocenters. The van der Waals surface area contributed by atoms with Crippen molar-refractivity contribution in [3.63, 3.8) is 0 Å². The summed E-state index contributed by atoms with van der Waals surface area (Å²) in [6.45, 7) is 26.3. The SMILES string of the molecule is COc1ccc(/C(C=C2C=C(C(C)(C)C)OC(C(C)(C)C)=C2)=C\c2cc(C(C)(C)C)[o+]c(C(C)(C)C)c2)cc1. The Hall–Kier alpha value is -3.07. The highest BCUT2D eigenvalue weighted by Crippen LogP contribution is 2.40. The number of allylic oxidation sites excluding steroid dienone is 7. The van der Waals surface area contributed by atoms with Gasteiger partial charge >= 0.3 is 11.5 Å². The van der Waals surface area contributed by atoms with E-state index in [0.717, 1.165) is 51.1 Å². The molecule has 210 valence electrons. The predicted molar refractivity (Wildman–Crippen MR) is 166 cm³/mol. The van der Waals surface area contributed by atoms with Crippen molar-refractivity contribution in [1.82, 2.24) is 0 Å². The standard InChI is InChI=1S/C36H49O3/c1-33(2,3)29-20-24(21-30(38-29)34(4,5)6)18-27(26-14-16-28(37-13)17-15-26)19-25-22-31(35(7,8)9)39-32(23-25)36(10,11)12/h14-23H,1-13H3/q+1. The van der Waals surface area contributed by atoms with E-state index in [4.69, 9.17) is 13.9 Å². The summed E-state index contributed by atoms with van der Waals surface area (Å²) >= 11 is 0. The predicted octanol–water partition coefficient (Wildman–Crippen LogP) is 10.5.